The van der Waals surface area contributed by atoms with E-state index in [1.54, 1.807) is 6.20 Å². The highest BCUT2D eigenvalue weighted by Crippen LogP contribution is 2.15. The summed E-state index contributed by atoms with van der Waals surface area (Å²) in [6, 6.07) is 5.97. The Morgan fingerprint density at radius 3 is 1.86 bits per heavy atom. The molecule has 1 aromatic heterocycles. The molecule has 1 aromatic carbocycles. The van der Waals surface area contributed by atoms with Crippen molar-refractivity contribution < 1.29 is 18.3 Å². The molecule has 0 aliphatic carbocycles. The van der Waals surface area contributed by atoms with Gasteiger partial charge in [0.05, 0.1) is 22.1 Å². The van der Waals surface area contributed by atoms with E-state index in [0.717, 1.165) is 5.01 Å². The Hall–Kier alpha value is -1.73. The molecule has 0 radical (unpaired) electrons. The van der Waals surface area contributed by atoms with Crippen LogP contribution in [0.15, 0.2) is 40.7 Å². The van der Waals surface area contributed by atoms with Crippen molar-refractivity contribution in [2.24, 2.45) is 0 Å². The van der Waals surface area contributed by atoms with Crippen molar-refractivity contribution in [3.8, 4) is 0 Å². The van der Waals surface area contributed by atoms with E-state index < -0.39 is 15.8 Å². The van der Waals surface area contributed by atoms with E-state index in [1.807, 2.05) is 60.8 Å². The second kappa shape index (κ2) is 20.0. The van der Waals surface area contributed by atoms with E-state index in [1.165, 1.54) is 35.6 Å². The number of carboxylic acid groups (broad SMARTS) is 1. The minimum Gasteiger partial charge on any atom is -0.481 e. The molecule has 162 valence electrons. The Bertz CT molecular complexity index is 680. The Morgan fingerprint density at radius 1 is 0.964 bits per heavy atom. The number of nitrogens with zero attached hydrogens (tertiary/aromatic N) is 1. The average molecular weight is 432 g/mol. The molecule has 1 heterocycles. The van der Waals surface area contributed by atoms with E-state index in [-0.39, 0.29) is 17.1 Å². The first kappa shape index (κ1) is 31.0. The number of hydrogen-bond acceptors (Lipinski definition) is 5. The molecule has 0 saturated heterocycles. The molecule has 0 spiro atoms. The zero-order valence-corrected chi connectivity index (χ0v) is 20.2. The van der Waals surface area contributed by atoms with Gasteiger partial charge in [0, 0.05) is 18.0 Å². The van der Waals surface area contributed by atoms with Gasteiger partial charge >= 0.3 is 5.97 Å². The maximum atomic E-state index is 12.1. The van der Waals surface area contributed by atoms with Gasteiger partial charge in [0.15, 0.2) is 9.84 Å². The van der Waals surface area contributed by atoms with E-state index in [0.29, 0.717) is 12.0 Å². The number of aryl methyl sites for hydroxylation is 1. The second-order valence-electron chi connectivity index (χ2n) is 4.21. The summed E-state index contributed by atoms with van der Waals surface area (Å²) in [4.78, 5) is 14.8. The maximum absolute atomic E-state index is 12.1. The maximum Gasteiger partial charge on any atom is 0.307 e. The van der Waals surface area contributed by atoms with Crippen molar-refractivity contribution in [3.63, 3.8) is 0 Å². The van der Waals surface area contributed by atoms with E-state index >= 15 is 0 Å². The summed E-state index contributed by atoms with van der Waals surface area (Å²) in [5, 5.41) is 11.3. The van der Waals surface area contributed by atoms with Crippen molar-refractivity contribution >= 4 is 27.1 Å². The van der Waals surface area contributed by atoms with Gasteiger partial charge in [-0.15, -0.1) is 11.3 Å². The van der Waals surface area contributed by atoms with Crippen LogP contribution in [0, 0.1) is 0 Å². The molecule has 0 aliphatic rings. The van der Waals surface area contributed by atoms with Crippen LogP contribution in [0.1, 0.15) is 66.0 Å². The first-order chi connectivity index (χ1) is 13.5. The van der Waals surface area contributed by atoms with Gasteiger partial charge in [0.25, 0.3) is 0 Å². The third-order valence-electron chi connectivity index (χ3n) is 2.71. The van der Waals surface area contributed by atoms with Gasteiger partial charge in [-0.3, -0.25) is 4.79 Å². The zero-order valence-electron chi connectivity index (χ0n) is 18.5. The number of benzene rings is 1. The lowest BCUT2D eigenvalue weighted by atomic mass is 10.2. The number of carboxylic acids is 1. The molecule has 28 heavy (non-hydrogen) atoms. The van der Waals surface area contributed by atoms with E-state index in [2.05, 4.69) is 4.98 Å². The molecule has 7 heteroatoms. The minimum absolute atomic E-state index is 0.00120. The number of thiazole rings is 1. The normalized spacial score (nSPS) is 9.00. The fourth-order valence-electron chi connectivity index (χ4n) is 1.71. The number of aliphatic carboxylic acids is 1. The molecule has 0 aliphatic heterocycles. The summed E-state index contributed by atoms with van der Waals surface area (Å²) < 4.78 is 24.2. The summed E-state index contributed by atoms with van der Waals surface area (Å²) in [6.45, 7) is 16.0. The number of aromatic nitrogens is 1. The predicted molar refractivity (Wildman–Crippen MR) is 121 cm³/mol. The third-order valence-corrected chi connectivity index (χ3v) is 5.28. The molecule has 1 N–H and O–H groups in total. The molecule has 0 fully saturated rings. The lowest BCUT2D eigenvalue weighted by Crippen LogP contribution is -2.09. The van der Waals surface area contributed by atoms with Gasteiger partial charge in [0.1, 0.15) is 0 Å². The average Bonchev–Trinajstić information content (AvgIpc) is 3.26. The van der Waals surface area contributed by atoms with Crippen molar-refractivity contribution in [3.05, 3.63) is 46.4 Å². The highest BCUT2D eigenvalue weighted by atomic mass is 32.2. The molecule has 0 unspecified atom stereocenters. The smallest absolute Gasteiger partial charge is 0.307 e. The number of hydrogen-bond donors (Lipinski definition) is 1. The molecule has 0 atom stereocenters. The fraction of sp³-hybridized carbons (Fsp3) is 0.524. The summed E-state index contributed by atoms with van der Waals surface area (Å²) in [7, 11) is -3.36. The van der Waals surface area contributed by atoms with Crippen LogP contribution >= 0.6 is 11.3 Å². The van der Waals surface area contributed by atoms with Crippen molar-refractivity contribution in [1.82, 2.24) is 4.98 Å². The van der Waals surface area contributed by atoms with Gasteiger partial charge in [-0.2, -0.15) is 0 Å². The van der Waals surface area contributed by atoms with Crippen LogP contribution in [-0.4, -0.2) is 30.2 Å². The van der Waals surface area contributed by atoms with E-state index in [9.17, 15) is 13.2 Å². The number of sulfone groups is 1. The Labute approximate surface area is 175 Å². The summed E-state index contributed by atoms with van der Waals surface area (Å²) in [5.74, 6) is -0.942. The molecule has 0 amide bonds. The Morgan fingerprint density at radius 2 is 1.46 bits per heavy atom. The molecule has 0 saturated carbocycles. The molecule has 5 nitrogen and oxygen atoms in total. The standard InChI is InChI=1S/C13H13NO4S2.4C2H6/c15-13(16)9-10-1-3-11(4-2-10)20(17,18)8-5-12-14-6-7-19-12;4*1-2/h1-4,6-7H,5,8-9H2,(H,15,16);4*1-2H3. The van der Waals surface area contributed by atoms with Crippen LogP contribution in [0.3, 0.4) is 0 Å². The second-order valence-corrected chi connectivity index (χ2v) is 7.30. The lowest BCUT2D eigenvalue weighted by Gasteiger charge is -2.04. The zero-order chi connectivity index (χ0) is 22.6. The van der Waals surface area contributed by atoms with Crippen LogP contribution in [0.4, 0.5) is 0 Å². The highest BCUT2D eigenvalue weighted by molar-refractivity contribution is 7.91. The van der Waals surface area contributed by atoms with Gasteiger partial charge in [-0.25, -0.2) is 13.4 Å². The number of rotatable bonds is 6. The van der Waals surface area contributed by atoms with Crippen LogP contribution in [0.2, 0.25) is 0 Å². The Balaban J connectivity index is -0.000000695. The van der Waals surface area contributed by atoms with E-state index in [4.69, 9.17) is 5.11 Å². The minimum atomic E-state index is -3.36. The third kappa shape index (κ3) is 13.4. The summed E-state index contributed by atoms with van der Waals surface area (Å²) in [6.07, 6.45) is 1.92. The van der Waals surface area contributed by atoms with Gasteiger partial charge in [-0.1, -0.05) is 67.5 Å². The molecule has 2 aromatic rings. The molecular weight excluding hydrogens is 394 g/mol. The molecule has 2 rings (SSSR count). The summed E-state index contributed by atoms with van der Waals surface area (Å²) in [5.41, 5.74) is 0.580. The Kier molecular flexibility index (Phi) is 22.1. The van der Waals surface area contributed by atoms with Crippen molar-refractivity contribution in [1.29, 1.82) is 0 Å². The first-order valence-corrected chi connectivity index (χ1v) is 12.4. The first-order valence-electron chi connectivity index (χ1n) is 9.89. The predicted octanol–water partition coefficient (Wildman–Crippen LogP) is 5.89. The van der Waals surface area contributed by atoms with Gasteiger partial charge in [0.2, 0.25) is 0 Å². The largest absolute Gasteiger partial charge is 0.481 e. The fourth-order valence-corrected chi connectivity index (χ4v) is 3.70. The van der Waals surface area contributed by atoms with Gasteiger partial charge in [-0.05, 0) is 17.7 Å². The lowest BCUT2D eigenvalue weighted by molar-refractivity contribution is -0.136. The van der Waals surface area contributed by atoms with Crippen LogP contribution < -0.4 is 0 Å². The molecule has 0 bridgehead atoms. The quantitative estimate of drug-likeness (QED) is 0.616. The summed E-state index contributed by atoms with van der Waals surface area (Å²) >= 11 is 1.43. The van der Waals surface area contributed by atoms with Gasteiger partial charge < -0.3 is 5.11 Å². The topological polar surface area (TPSA) is 84.3 Å². The monoisotopic (exact) mass is 431 g/mol. The molecular formula is C21H37NO4S2. The van der Waals surface area contributed by atoms with Crippen LogP contribution in [0.25, 0.3) is 0 Å². The highest BCUT2D eigenvalue weighted by Gasteiger charge is 2.15. The van der Waals surface area contributed by atoms with Crippen LogP contribution in [0.5, 0.6) is 0 Å². The van der Waals surface area contributed by atoms with Crippen LogP contribution in [-0.2, 0) is 27.5 Å². The SMILES string of the molecule is CC.CC.CC.CC.O=C(O)Cc1ccc(S(=O)(=O)CCc2nccs2)cc1. The number of carbonyl (C=O) groups is 1. The van der Waals surface area contributed by atoms with Crippen molar-refractivity contribution in [2.75, 3.05) is 5.75 Å². The van der Waals surface area contributed by atoms with Crippen molar-refractivity contribution in [2.45, 2.75) is 73.1 Å².